The molecular formula is C29H53N5O10. The molecule has 0 spiro atoms. The molecule has 0 aliphatic heterocycles. The van der Waals surface area contributed by atoms with E-state index >= 15 is 0 Å². The maximum absolute atomic E-state index is 11.9. The van der Waals surface area contributed by atoms with Gasteiger partial charge in [0.25, 0.3) is 0 Å². The Morgan fingerprint density at radius 1 is 0.568 bits per heavy atom. The van der Waals surface area contributed by atoms with Gasteiger partial charge in [-0.2, -0.15) is 5.10 Å². The Balaban J connectivity index is 3.40. The number of nitrogens with one attached hydrogen (secondary N) is 4. The number of hydrogen-bond acceptors (Lipinski definition) is 10. The standard InChI is InChI=1S/C29H53N5O10/c1-30-34-24(29(40)41)10-6-7-15-31-26(36)13-14-27(37)33-17-9-19-43-21-23-44-22-20-42-18-8-16-32-25(35)11-4-2-3-5-12-28(38)39/h24,34H,1-23H2,(H,31,36)(H,32,35)(H,33,37)(H,38,39)(H,40,41)/t24-/m0/s1. The fourth-order valence-electron chi connectivity index (χ4n) is 3.81. The van der Waals surface area contributed by atoms with Crippen LogP contribution < -0.4 is 21.4 Å². The lowest BCUT2D eigenvalue weighted by molar-refractivity contribution is -0.140. The smallest absolute Gasteiger partial charge is 0.327 e. The van der Waals surface area contributed by atoms with Crippen LogP contribution in [0, 0.1) is 0 Å². The molecule has 0 bridgehead atoms. The molecule has 0 fully saturated rings. The predicted octanol–water partition coefficient (Wildman–Crippen LogP) is 1.20. The molecule has 0 saturated heterocycles. The maximum Gasteiger partial charge on any atom is 0.327 e. The lowest BCUT2D eigenvalue weighted by Gasteiger charge is -2.11. The average molecular weight is 632 g/mol. The van der Waals surface area contributed by atoms with Gasteiger partial charge in [-0.25, -0.2) is 4.79 Å². The summed E-state index contributed by atoms with van der Waals surface area (Å²) >= 11 is 0. The molecule has 0 heterocycles. The van der Waals surface area contributed by atoms with Crippen molar-refractivity contribution in [2.45, 2.75) is 89.5 Å². The van der Waals surface area contributed by atoms with Gasteiger partial charge < -0.3 is 40.4 Å². The summed E-state index contributed by atoms with van der Waals surface area (Å²) in [6.07, 6.45) is 6.82. The summed E-state index contributed by atoms with van der Waals surface area (Å²) in [6, 6.07) is -0.796. The van der Waals surface area contributed by atoms with Crippen LogP contribution in [0.2, 0.25) is 0 Å². The van der Waals surface area contributed by atoms with E-state index in [1.54, 1.807) is 0 Å². The number of nitrogens with zero attached hydrogens (tertiary/aromatic N) is 1. The number of hydrazone groups is 1. The minimum atomic E-state index is -1.00. The Labute approximate surface area is 260 Å². The van der Waals surface area contributed by atoms with Gasteiger partial charge >= 0.3 is 11.9 Å². The zero-order chi connectivity index (χ0) is 32.7. The molecule has 254 valence electrons. The van der Waals surface area contributed by atoms with Gasteiger partial charge in [0.05, 0.1) is 26.4 Å². The van der Waals surface area contributed by atoms with E-state index in [2.05, 4.69) is 33.2 Å². The van der Waals surface area contributed by atoms with Crippen LogP contribution in [0.3, 0.4) is 0 Å². The Bertz CT molecular complexity index is 815. The van der Waals surface area contributed by atoms with Crippen LogP contribution in [0.15, 0.2) is 5.10 Å². The van der Waals surface area contributed by atoms with Crippen molar-refractivity contribution in [3.8, 4) is 0 Å². The number of ether oxygens (including phenoxy) is 3. The Kier molecular flexibility index (Phi) is 27.5. The minimum absolute atomic E-state index is 0.00412. The largest absolute Gasteiger partial charge is 0.481 e. The Morgan fingerprint density at radius 3 is 1.50 bits per heavy atom. The molecule has 0 aromatic carbocycles. The summed E-state index contributed by atoms with van der Waals surface area (Å²) in [4.78, 5) is 56.9. The third-order valence-corrected chi connectivity index (χ3v) is 6.23. The molecular weight excluding hydrogens is 578 g/mol. The zero-order valence-electron chi connectivity index (χ0n) is 25.9. The van der Waals surface area contributed by atoms with E-state index in [9.17, 15) is 24.0 Å². The van der Waals surface area contributed by atoms with Gasteiger partial charge in [-0.3, -0.25) is 24.6 Å². The van der Waals surface area contributed by atoms with Crippen molar-refractivity contribution in [1.29, 1.82) is 0 Å². The minimum Gasteiger partial charge on any atom is -0.481 e. The third kappa shape index (κ3) is 28.8. The third-order valence-electron chi connectivity index (χ3n) is 6.23. The number of aliphatic carboxylic acids is 2. The average Bonchev–Trinajstić information content (AvgIpc) is 2.98. The molecule has 0 unspecified atom stereocenters. The number of carboxylic acid groups (broad SMARTS) is 2. The van der Waals surface area contributed by atoms with E-state index < -0.39 is 18.0 Å². The molecule has 15 heteroatoms. The summed E-state index contributed by atoms with van der Waals surface area (Å²) in [5.74, 6) is -2.22. The number of carbonyl (C=O) groups is 5. The number of hydrogen-bond donors (Lipinski definition) is 6. The molecule has 15 nitrogen and oxygen atoms in total. The van der Waals surface area contributed by atoms with E-state index in [4.69, 9.17) is 24.4 Å². The lowest BCUT2D eigenvalue weighted by Crippen LogP contribution is -2.33. The molecule has 0 rings (SSSR count). The summed E-state index contributed by atoms with van der Waals surface area (Å²) in [6.45, 7) is 7.36. The van der Waals surface area contributed by atoms with Gasteiger partial charge in [0.15, 0.2) is 0 Å². The highest BCUT2D eigenvalue weighted by Gasteiger charge is 2.15. The van der Waals surface area contributed by atoms with Crippen LogP contribution in [-0.4, -0.2) is 112 Å². The Morgan fingerprint density at radius 2 is 1.02 bits per heavy atom. The summed E-state index contributed by atoms with van der Waals surface area (Å²) in [7, 11) is 0. The first-order chi connectivity index (χ1) is 21.3. The number of carboxylic acids is 2. The van der Waals surface area contributed by atoms with Gasteiger partial charge in [-0.1, -0.05) is 12.8 Å². The second kappa shape index (κ2) is 29.8. The van der Waals surface area contributed by atoms with E-state index in [-0.39, 0.29) is 37.0 Å². The molecule has 0 radical (unpaired) electrons. The van der Waals surface area contributed by atoms with Crippen LogP contribution in [0.1, 0.15) is 83.5 Å². The number of rotatable bonds is 32. The van der Waals surface area contributed by atoms with Crippen LogP contribution in [0.5, 0.6) is 0 Å². The summed E-state index contributed by atoms with van der Waals surface area (Å²) < 4.78 is 16.4. The first-order valence-electron chi connectivity index (χ1n) is 15.5. The van der Waals surface area contributed by atoms with Crippen molar-refractivity contribution < 1.29 is 48.4 Å². The van der Waals surface area contributed by atoms with Crippen LogP contribution in [0.25, 0.3) is 0 Å². The predicted molar refractivity (Wildman–Crippen MR) is 163 cm³/mol. The van der Waals surface area contributed by atoms with Crippen molar-refractivity contribution in [3.63, 3.8) is 0 Å². The fourth-order valence-corrected chi connectivity index (χ4v) is 3.81. The van der Waals surface area contributed by atoms with Crippen LogP contribution in [-0.2, 0) is 38.2 Å². The van der Waals surface area contributed by atoms with Crippen LogP contribution >= 0.6 is 0 Å². The number of amides is 3. The fraction of sp³-hybridized carbons (Fsp3) is 0.793. The first-order valence-corrected chi connectivity index (χ1v) is 15.5. The monoisotopic (exact) mass is 631 g/mol. The summed E-state index contributed by atoms with van der Waals surface area (Å²) in [5, 5.41) is 29.3. The second-order valence-electron chi connectivity index (χ2n) is 10.1. The van der Waals surface area contributed by atoms with Gasteiger partial charge in [-0.15, -0.1) is 0 Å². The molecule has 0 aliphatic rings. The molecule has 0 aromatic heterocycles. The SMILES string of the molecule is C=NN[C@@H](CCCCNC(=O)CCC(=O)NCCCOCCOCCOCCCNC(=O)CCCCCCC(=O)O)C(=O)O. The highest BCUT2D eigenvalue weighted by Crippen LogP contribution is 2.05. The Hall–Kier alpha value is -3.30. The van der Waals surface area contributed by atoms with E-state index in [0.717, 1.165) is 19.3 Å². The van der Waals surface area contributed by atoms with Crippen molar-refractivity contribution >= 4 is 36.4 Å². The van der Waals surface area contributed by atoms with Crippen LogP contribution in [0.4, 0.5) is 0 Å². The quantitative estimate of drug-likeness (QED) is 0.0352. The normalized spacial score (nSPS) is 11.4. The van der Waals surface area contributed by atoms with Crippen molar-refractivity contribution in [2.24, 2.45) is 5.10 Å². The first kappa shape index (κ1) is 40.7. The highest BCUT2D eigenvalue weighted by molar-refractivity contribution is 5.83. The molecule has 0 aromatic rings. The van der Waals surface area contributed by atoms with Gasteiger partial charge in [-0.05, 0) is 44.9 Å². The molecule has 44 heavy (non-hydrogen) atoms. The maximum atomic E-state index is 11.9. The molecule has 3 amide bonds. The number of carbonyl (C=O) groups excluding carboxylic acids is 3. The summed E-state index contributed by atoms with van der Waals surface area (Å²) in [5.41, 5.74) is 2.42. The van der Waals surface area contributed by atoms with E-state index in [1.165, 1.54) is 0 Å². The topological polar surface area (TPSA) is 214 Å². The highest BCUT2D eigenvalue weighted by atomic mass is 16.5. The van der Waals surface area contributed by atoms with E-state index in [0.29, 0.717) is 104 Å². The molecule has 0 aliphatic carbocycles. The number of unbranched alkanes of at least 4 members (excludes halogenated alkanes) is 4. The molecule has 1 atom stereocenters. The second-order valence-corrected chi connectivity index (χ2v) is 10.1. The zero-order valence-corrected chi connectivity index (χ0v) is 25.9. The van der Waals surface area contributed by atoms with Gasteiger partial charge in [0.1, 0.15) is 6.04 Å². The lowest BCUT2D eigenvalue weighted by atomic mass is 10.1. The van der Waals surface area contributed by atoms with Crippen molar-refractivity contribution in [2.75, 3.05) is 59.3 Å². The molecule has 6 N–H and O–H groups in total. The van der Waals surface area contributed by atoms with Crippen molar-refractivity contribution in [3.05, 3.63) is 0 Å². The van der Waals surface area contributed by atoms with Gasteiger partial charge in [0.2, 0.25) is 17.7 Å². The van der Waals surface area contributed by atoms with Gasteiger partial charge in [0, 0.05) is 65.2 Å². The van der Waals surface area contributed by atoms with Crippen molar-refractivity contribution in [1.82, 2.24) is 21.4 Å². The molecule has 0 saturated carbocycles. The van der Waals surface area contributed by atoms with E-state index in [1.807, 2.05) is 0 Å².